The molecule has 0 amide bonds. The van der Waals surface area contributed by atoms with Crippen molar-refractivity contribution in [3.05, 3.63) is 101 Å². The van der Waals surface area contributed by atoms with Crippen molar-refractivity contribution in [2.45, 2.75) is 83.7 Å². The molecule has 0 bridgehead atoms. The van der Waals surface area contributed by atoms with E-state index in [1.54, 1.807) is 0 Å². The van der Waals surface area contributed by atoms with E-state index in [4.69, 9.17) is 4.74 Å². The number of nitrogens with zero attached hydrogens (tertiary/aromatic N) is 3. The molecule has 1 aliphatic carbocycles. The van der Waals surface area contributed by atoms with Crippen LogP contribution in [0.5, 0.6) is 0 Å². The normalized spacial score (nSPS) is 22.6. The molecule has 4 heteroatoms. The molecule has 1 saturated heterocycles. The van der Waals surface area contributed by atoms with E-state index in [1.165, 1.54) is 53.5 Å². The van der Waals surface area contributed by atoms with Crippen molar-refractivity contribution in [3.63, 3.8) is 0 Å². The molecule has 5 rings (SSSR count). The zero-order valence-corrected chi connectivity index (χ0v) is 23.7. The summed E-state index contributed by atoms with van der Waals surface area (Å²) in [5, 5.41) is 0. The molecular weight excluding hydrogens is 466 g/mol. The number of aromatic nitrogens is 1. The molecule has 2 fully saturated rings. The van der Waals surface area contributed by atoms with E-state index in [0.29, 0.717) is 12.0 Å². The van der Waals surface area contributed by atoms with Crippen LogP contribution in [0.1, 0.15) is 92.6 Å². The number of rotatable bonds is 9. The Labute approximate surface area is 230 Å². The molecule has 0 radical (unpaired) electrons. The third-order valence-electron chi connectivity index (χ3n) is 8.80. The van der Waals surface area contributed by atoms with E-state index in [-0.39, 0.29) is 18.4 Å². The smallest absolute Gasteiger partial charge is 0.0962 e. The van der Waals surface area contributed by atoms with Crippen molar-refractivity contribution < 1.29 is 4.74 Å². The van der Waals surface area contributed by atoms with Crippen molar-refractivity contribution >= 4 is 0 Å². The predicted molar refractivity (Wildman–Crippen MR) is 156 cm³/mol. The van der Waals surface area contributed by atoms with E-state index >= 15 is 0 Å². The summed E-state index contributed by atoms with van der Waals surface area (Å²) in [7, 11) is 2.35. The molecule has 1 aliphatic heterocycles. The van der Waals surface area contributed by atoms with Gasteiger partial charge in [-0.2, -0.15) is 0 Å². The van der Waals surface area contributed by atoms with E-state index in [0.717, 1.165) is 25.9 Å². The van der Waals surface area contributed by atoms with Crippen LogP contribution in [0.4, 0.5) is 0 Å². The lowest BCUT2D eigenvalue weighted by molar-refractivity contribution is -0.120. The lowest BCUT2D eigenvalue weighted by atomic mass is 9.89. The number of hydrogen-bond donors (Lipinski definition) is 0. The van der Waals surface area contributed by atoms with Crippen molar-refractivity contribution in [1.29, 1.82) is 0 Å². The molecule has 2 aliphatic rings. The number of morpholine rings is 1. The second-order valence-electron chi connectivity index (χ2n) is 11.3. The molecule has 4 unspecified atom stereocenters. The molecule has 0 spiro atoms. The first-order valence-electron chi connectivity index (χ1n) is 14.8. The van der Waals surface area contributed by atoms with E-state index in [2.05, 4.69) is 109 Å². The van der Waals surface area contributed by atoms with Crippen LogP contribution in [0.2, 0.25) is 0 Å². The standard InChI is InChI=1S/C34H45N3O/c1-5-26-18-12-19-27(6-2)32(26)31-24-37(23-25(3)38-31)34(30-20-13-21-35-22-30)36(4)33(29-16-10-11-17-29)28-14-8-7-9-15-28/h7-9,12-15,18-22,25,29,31,33-34H,5-6,10-11,16-17,23-24H2,1-4H3. The van der Waals surface area contributed by atoms with Gasteiger partial charge in [0.25, 0.3) is 0 Å². The minimum absolute atomic E-state index is 0.0686. The average molecular weight is 512 g/mol. The van der Waals surface area contributed by atoms with Crippen LogP contribution >= 0.6 is 0 Å². The number of aryl methyl sites for hydroxylation is 2. The lowest BCUT2D eigenvalue weighted by Gasteiger charge is -2.48. The van der Waals surface area contributed by atoms with E-state index in [1.807, 2.05) is 6.20 Å². The van der Waals surface area contributed by atoms with Crippen molar-refractivity contribution in [2.75, 3.05) is 20.1 Å². The first-order valence-corrected chi connectivity index (χ1v) is 14.8. The van der Waals surface area contributed by atoms with Crippen LogP contribution in [-0.2, 0) is 17.6 Å². The number of pyridine rings is 1. The second-order valence-corrected chi connectivity index (χ2v) is 11.3. The monoisotopic (exact) mass is 511 g/mol. The third kappa shape index (κ3) is 5.73. The van der Waals surface area contributed by atoms with Gasteiger partial charge < -0.3 is 4.74 Å². The highest BCUT2D eigenvalue weighted by Crippen LogP contribution is 2.44. The number of hydrogen-bond acceptors (Lipinski definition) is 4. The summed E-state index contributed by atoms with van der Waals surface area (Å²) in [5.41, 5.74) is 6.95. The zero-order chi connectivity index (χ0) is 26.5. The minimum Gasteiger partial charge on any atom is -0.368 e. The maximum atomic E-state index is 6.72. The Morgan fingerprint density at radius 1 is 0.895 bits per heavy atom. The van der Waals surface area contributed by atoms with Gasteiger partial charge in [-0.3, -0.25) is 14.8 Å². The fraction of sp³-hybridized carbons (Fsp3) is 0.500. The highest BCUT2D eigenvalue weighted by Gasteiger charge is 2.39. The molecular formula is C34H45N3O. The molecule has 1 aromatic heterocycles. The lowest BCUT2D eigenvalue weighted by Crippen LogP contribution is -2.50. The maximum Gasteiger partial charge on any atom is 0.0962 e. The fourth-order valence-electron chi connectivity index (χ4n) is 7.19. The maximum absolute atomic E-state index is 6.72. The summed E-state index contributed by atoms with van der Waals surface area (Å²) in [6, 6.07) is 22.7. The van der Waals surface area contributed by atoms with Gasteiger partial charge in [0, 0.05) is 37.1 Å². The average Bonchev–Trinajstić information content (AvgIpc) is 3.48. The van der Waals surface area contributed by atoms with Crippen molar-refractivity contribution in [2.24, 2.45) is 5.92 Å². The topological polar surface area (TPSA) is 28.6 Å². The molecule has 0 N–H and O–H groups in total. The first-order chi connectivity index (χ1) is 18.6. The molecule has 202 valence electrons. The fourth-order valence-corrected chi connectivity index (χ4v) is 7.19. The Morgan fingerprint density at radius 2 is 1.58 bits per heavy atom. The third-order valence-corrected chi connectivity index (χ3v) is 8.80. The summed E-state index contributed by atoms with van der Waals surface area (Å²) in [5.74, 6) is 0.670. The molecule has 4 atom stereocenters. The summed E-state index contributed by atoms with van der Waals surface area (Å²) in [6.45, 7) is 8.55. The zero-order valence-electron chi connectivity index (χ0n) is 23.7. The second kappa shape index (κ2) is 12.5. The van der Waals surface area contributed by atoms with Gasteiger partial charge in [0.05, 0.1) is 18.4 Å². The SMILES string of the molecule is CCc1cccc(CC)c1C1CN(C(c2cccnc2)N(C)C(c2ccccc2)C2CCCC2)CC(C)O1. The highest BCUT2D eigenvalue weighted by atomic mass is 16.5. The molecule has 2 heterocycles. The molecule has 38 heavy (non-hydrogen) atoms. The van der Waals surface area contributed by atoms with Gasteiger partial charge >= 0.3 is 0 Å². The first kappa shape index (κ1) is 27.1. The van der Waals surface area contributed by atoms with Gasteiger partial charge in [-0.1, -0.05) is 81.3 Å². The molecule has 3 aromatic rings. The number of ether oxygens (including phenoxy) is 1. The largest absolute Gasteiger partial charge is 0.368 e. The van der Waals surface area contributed by atoms with Crippen LogP contribution in [0.3, 0.4) is 0 Å². The summed E-state index contributed by atoms with van der Waals surface area (Å²) in [4.78, 5) is 9.91. The van der Waals surface area contributed by atoms with Crippen LogP contribution in [0.25, 0.3) is 0 Å². The summed E-state index contributed by atoms with van der Waals surface area (Å²) < 4.78 is 6.72. The Balaban J connectivity index is 1.54. The van der Waals surface area contributed by atoms with Crippen LogP contribution in [-0.4, -0.2) is 41.0 Å². The molecule has 1 saturated carbocycles. The Morgan fingerprint density at radius 3 is 2.21 bits per heavy atom. The van der Waals surface area contributed by atoms with Crippen molar-refractivity contribution in [1.82, 2.24) is 14.8 Å². The quantitative estimate of drug-likeness (QED) is 0.297. The molecule has 2 aromatic carbocycles. The van der Waals surface area contributed by atoms with Gasteiger partial charge in [-0.15, -0.1) is 0 Å². The molecule has 4 nitrogen and oxygen atoms in total. The van der Waals surface area contributed by atoms with Crippen LogP contribution in [0.15, 0.2) is 73.1 Å². The van der Waals surface area contributed by atoms with Crippen LogP contribution < -0.4 is 0 Å². The van der Waals surface area contributed by atoms with E-state index in [9.17, 15) is 0 Å². The summed E-state index contributed by atoms with van der Waals surface area (Å²) >= 11 is 0. The van der Waals surface area contributed by atoms with Gasteiger partial charge in [0.15, 0.2) is 0 Å². The van der Waals surface area contributed by atoms with Gasteiger partial charge in [-0.25, -0.2) is 0 Å². The van der Waals surface area contributed by atoms with Gasteiger partial charge in [0.2, 0.25) is 0 Å². The summed E-state index contributed by atoms with van der Waals surface area (Å²) in [6.07, 6.45) is 11.6. The number of benzene rings is 2. The minimum atomic E-state index is 0.0686. The van der Waals surface area contributed by atoms with Gasteiger partial charge in [0.1, 0.15) is 0 Å². The Bertz CT molecular complexity index is 1120. The van der Waals surface area contributed by atoms with Crippen LogP contribution in [0, 0.1) is 5.92 Å². The Kier molecular flexibility index (Phi) is 8.93. The Hall–Kier alpha value is -2.53. The highest BCUT2D eigenvalue weighted by molar-refractivity contribution is 5.38. The van der Waals surface area contributed by atoms with Gasteiger partial charge in [-0.05, 0) is 73.9 Å². The van der Waals surface area contributed by atoms with Crippen molar-refractivity contribution in [3.8, 4) is 0 Å². The van der Waals surface area contributed by atoms with E-state index < -0.39 is 0 Å². The predicted octanol–water partition coefficient (Wildman–Crippen LogP) is 7.53.